The predicted octanol–water partition coefficient (Wildman–Crippen LogP) is 5.00. The third-order valence-electron chi connectivity index (χ3n) is 3.65. The standard InChI is InChI=1S/C20H21IO4/c1-2-3-6-13-24-19(22)15-9-11-16(12-10-15)20(23)25-14-17-7-4-5-8-18(17)21/h4-5,7-12H,2-3,6,13-14H2,1H3. The van der Waals surface area contributed by atoms with Gasteiger partial charge in [0.25, 0.3) is 0 Å². The minimum Gasteiger partial charge on any atom is -0.462 e. The van der Waals surface area contributed by atoms with Crippen molar-refractivity contribution >= 4 is 34.5 Å². The second-order valence-corrected chi connectivity index (χ2v) is 6.75. The molecule has 0 heterocycles. The molecule has 0 saturated carbocycles. The quantitative estimate of drug-likeness (QED) is 0.322. The highest BCUT2D eigenvalue weighted by molar-refractivity contribution is 14.1. The van der Waals surface area contributed by atoms with Gasteiger partial charge in [-0.3, -0.25) is 0 Å². The molecule has 0 N–H and O–H groups in total. The number of hydrogen-bond donors (Lipinski definition) is 0. The zero-order valence-electron chi connectivity index (χ0n) is 14.2. The minimum atomic E-state index is -0.414. The van der Waals surface area contributed by atoms with Gasteiger partial charge in [-0.05, 0) is 59.3 Å². The number of rotatable bonds is 8. The maximum absolute atomic E-state index is 12.1. The number of ether oxygens (including phenoxy) is 2. The van der Waals surface area contributed by atoms with Gasteiger partial charge in [0, 0.05) is 9.13 Å². The Morgan fingerprint density at radius 1 is 0.880 bits per heavy atom. The lowest BCUT2D eigenvalue weighted by Gasteiger charge is -2.08. The number of unbranched alkanes of at least 4 members (excludes halogenated alkanes) is 2. The molecule has 2 rings (SSSR count). The van der Waals surface area contributed by atoms with Crippen molar-refractivity contribution in [3.8, 4) is 0 Å². The van der Waals surface area contributed by atoms with E-state index >= 15 is 0 Å². The number of carbonyl (C=O) groups excluding carboxylic acids is 2. The molecule has 0 saturated heterocycles. The molecule has 0 aliphatic carbocycles. The average Bonchev–Trinajstić information content (AvgIpc) is 2.64. The summed E-state index contributed by atoms with van der Waals surface area (Å²) in [5.74, 6) is -0.780. The summed E-state index contributed by atoms with van der Waals surface area (Å²) >= 11 is 2.21. The average molecular weight is 452 g/mol. The molecule has 25 heavy (non-hydrogen) atoms. The third-order valence-corrected chi connectivity index (χ3v) is 4.71. The second-order valence-electron chi connectivity index (χ2n) is 5.59. The molecule has 0 atom stereocenters. The topological polar surface area (TPSA) is 52.6 Å². The Morgan fingerprint density at radius 3 is 2.08 bits per heavy atom. The van der Waals surface area contributed by atoms with E-state index in [0.29, 0.717) is 17.7 Å². The van der Waals surface area contributed by atoms with Crippen molar-refractivity contribution in [1.29, 1.82) is 0 Å². The second kappa shape index (κ2) is 10.2. The van der Waals surface area contributed by atoms with E-state index in [1.165, 1.54) is 0 Å². The summed E-state index contributed by atoms with van der Waals surface area (Å²) in [4.78, 5) is 24.0. The summed E-state index contributed by atoms with van der Waals surface area (Å²) in [7, 11) is 0. The molecule has 4 nitrogen and oxygen atoms in total. The van der Waals surface area contributed by atoms with Gasteiger partial charge in [-0.25, -0.2) is 9.59 Å². The lowest BCUT2D eigenvalue weighted by molar-refractivity contribution is 0.0465. The molecule has 0 aliphatic rings. The maximum Gasteiger partial charge on any atom is 0.338 e. The van der Waals surface area contributed by atoms with E-state index < -0.39 is 5.97 Å². The summed E-state index contributed by atoms with van der Waals surface area (Å²) in [5.41, 5.74) is 1.81. The smallest absolute Gasteiger partial charge is 0.338 e. The van der Waals surface area contributed by atoms with Crippen LogP contribution in [0.3, 0.4) is 0 Å². The molecule has 0 aliphatic heterocycles. The summed E-state index contributed by atoms with van der Waals surface area (Å²) in [6, 6.07) is 14.1. The van der Waals surface area contributed by atoms with Crippen molar-refractivity contribution in [2.75, 3.05) is 6.61 Å². The third kappa shape index (κ3) is 6.16. The molecular formula is C20H21IO4. The Labute approximate surface area is 161 Å². The largest absolute Gasteiger partial charge is 0.462 e. The molecule has 5 heteroatoms. The van der Waals surface area contributed by atoms with Crippen LogP contribution in [0.25, 0.3) is 0 Å². The molecule has 2 aromatic rings. The first-order valence-electron chi connectivity index (χ1n) is 8.29. The summed E-state index contributed by atoms with van der Waals surface area (Å²) in [6.07, 6.45) is 2.99. The van der Waals surface area contributed by atoms with Crippen molar-refractivity contribution < 1.29 is 19.1 Å². The molecule has 0 bridgehead atoms. The number of hydrogen-bond acceptors (Lipinski definition) is 4. The van der Waals surface area contributed by atoms with Gasteiger partial charge in [-0.1, -0.05) is 38.0 Å². The van der Waals surface area contributed by atoms with Gasteiger partial charge in [0.05, 0.1) is 17.7 Å². The van der Waals surface area contributed by atoms with Gasteiger partial charge in [-0.15, -0.1) is 0 Å². The molecule has 0 amide bonds. The molecule has 2 aromatic carbocycles. The number of benzene rings is 2. The van der Waals surface area contributed by atoms with Crippen LogP contribution in [0.4, 0.5) is 0 Å². The van der Waals surface area contributed by atoms with Gasteiger partial charge in [-0.2, -0.15) is 0 Å². The fourth-order valence-corrected chi connectivity index (χ4v) is 2.73. The fourth-order valence-electron chi connectivity index (χ4n) is 2.18. The zero-order valence-corrected chi connectivity index (χ0v) is 16.3. The molecular weight excluding hydrogens is 431 g/mol. The minimum absolute atomic E-state index is 0.221. The van der Waals surface area contributed by atoms with Crippen molar-refractivity contribution in [3.63, 3.8) is 0 Å². The van der Waals surface area contributed by atoms with Gasteiger partial charge in [0.1, 0.15) is 6.61 Å². The Balaban J connectivity index is 1.87. The van der Waals surface area contributed by atoms with Crippen LogP contribution in [0.1, 0.15) is 52.5 Å². The first kappa shape index (κ1) is 19.4. The van der Waals surface area contributed by atoms with Crippen LogP contribution in [0.2, 0.25) is 0 Å². The summed E-state index contributed by atoms with van der Waals surface area (Å²) < 4.78 is 11.6. The highest BCUT2D eigenvalue weighted by Crippen LogP contribution is 2.14. The van der Waals surface area contributed by atoms with Gasteiger partial charge in [0.2, 0.25) is 0 Å². The predicted molar refractivity (Wildman–Crippen MR) is 105 cm³/mol. The van der Waals surface area contributed by atoms with Crippen LogP contribution >= 0.6 is 22.6 Å². The highest BCUT2D eigenvalue weighted by atomic mass is 127. The van der Waals surface area contributed by atoms with E-state index in [9.17, 15) is 9.59 Å². The van der Waals surface area contributed by atoms with E-state index in [4.69, 9.17) is 9.47 Å². The lowest BCUT2D eigenvalue weighted by Crippen LogP contribution is -2.09. The normalized spacial score (nSPS) is 10.3. The first-order valence-corrected chi connectivity index (χ1v) is 9.37. The van der Waals surface area contributed by atoms with E-state index in [0.717, 1.165) is 28.4 Å². The molecule has 0 unspecified atom stereocenters. The van der Waals surface area contributed by atoms with E-state index in [2.05, 4.69) is 29.5 Å². The van der Waals surface area contributed by atoms with Crippen LogP contribution in [-0.2, 0) is 16.1 Å². The van der Waals surface area contributed by atoms with Gasteiger partial charge in [0.15, 0.2) is 0 Å². The van der Waals surface area contributed by atoms with Crippen molar-refractivity contribution in [2.24, 2.45) is 0 Å². The SMILES string of the molecule is CCCCCOC(=O)c1ccc(C(=O)OCc2ccccc2I)cc1. The monoisotopic (exact) mass is 452 g/mol. The highest BCUT2D eigenvalue weighted by Gasteiger charge is 2.11. The molecule has 0 aromatic heterocycles. The lowest BCUT2D eigenvalue weighted by atomic mass is 10.1. The van der Waals surface area contributed by atoms with E-state index in [1.54, 1.807) is 24.3 Å². The number of carbonyl (C=O) groups is 2. The van der Waals surface area contributed by atoms with E-state index in [-0.39, 0.29) is 12.6 Å². The van der Waals surface area contributed by atoms with Crippen LogP contribution in [0.5, 0.6) is 0 Å². The molecule has 0 fully saturated rings. The van der Waals surface area contributed by atoms with Crippen LogP contribution in [-0.4, -0.2) is 18.5 Å². The summed E-state index contributed by atoms with van der Waals surface area (Å²) in [5, 5.41) is 0. The first-order chi connectivity index (χ1) is 12.1. The Bertz CT molecular complexity index is 710. The summed E-state index contributed by atoms with van der Waals surface area (Å²) in [6.45, 7) is 2.74. The Kier molecular flexibility index (Phi) is 7.91. The maximum atomic E-state index is 12.1. The van der Waals surface area contributed by atoms with Crippen molar-refractivity contribution in [2.45, 2.75) is 32.8 Å². The van der Waals surface area contributed by atoms with Crippen LogP contribution in [0.15, 0.2) is 48.5 Å². The van der Waals surface area contributed by atoms with Crippen LogP contribution < -0.4 is 0 Å². The van der Waals surface area contributed by atoms with E-state index in [1.807, 2.05) is 24.3 Å². The Hall–Kier alpha value is -1.89. The molecule has 0 radical (unpaired) electrons. The van der Waals surface area contributed by atoms with Gasteiger partial charge < -0.3 is 9.47 Å². The molecule has 132 valence electrons. The zero-order chi connectivity index (χ0) is 18.1. The van der Waals surface area contributed by atoms with Crippen LogP contribution in [0, 0.1) is 3.57 Å². The number of esters is 2. The molecule has 0 spiro atoms. The van der Waals surface area contributed by atoms with Gasteiger partial charge >= 0.3 is 11.9 Å². The van der Waals surface area contributed by atoms with Crippen molar-refractivity contribution in [3.05, 3.63) is 68.8 Å². The number of halogens is 1. The Morgan fingerprint density at radius 2 is 1.48 bits per heavy atom. The fraction of sp³-hybridized carbons (Fsp3) is 0.300. The van der Waals surface area contributed by atoms with Crippen molar-refractivity contribution in [1.82, 2.24) is 0 Å².